The Morgan fingerprint density at radius 1 is 1.45 bits per heavy atom. The normalized spacial score (nSPS) is 43.9. The summed E-state index contributed by atoms with van der Waals surface area (Å²) >= 11 is 0. The predicted octanol–water partition coefficient (Wildman–Crippen LogP) is 1.99. The molecule has 0 aliphatic carbocycles. The first kappa shape index (κ1) is 9.01. The van der Waals surface area contributed by atoms with Gasteiger partial charge in [0.2, 0.25) is 0 Å². The van der Waals surface area contributed by atoms with Crippen LogP contribution in [0.15, 0.2) is 0 Å². The van der Waals surface area contributed by atoms with Gasteiger partial charge in [-0.3, -0.25) is 0 Å². The van der Waals surface area contributed by atoms with E-state index in [9.17, 15) is 5.21 Å². The lowest BCUT2D eigenvalue weighted by Gasteiger charge is -2.45. The van der Waals surface area contributed by atoms with Crippen LogP contribution in [0.2, 0.25) is 0 Å². The molecule has 2 unspecified atom stereocenters. The van der Waals surface area contributed by atoms with Crippen LogP contribution in [-0.2, 0) is 5.21 Å². The largest absolute Gasteiger partial charge is 0.140 e. The van der Waals surface area contributed by atoms with E-state index in [0.717, 1.165) is 13.0 Å². The molecule has 11 heavy (non-hydrogen) atoms. The number of hydroxylamine groups is 3. The minimum absolute atomic E-state index is 0.0613. The summed E-state index contributed by atoms with van der Waals surface area (Å²) < 4.78 is -0.0613. The second-order valence-electron chi connectivity index (χ2n) is 4.52. The van der Waals surface area contributed by atoms with E-state index in [1.807, 2.05) is 0 Å². The summed E-state index contributed by atoms with van der Waals surface area (Å²) in [7, 11) is 1.80. The van der Waals surface area contributed by atoms with E-state index >= 15 is 0 Å². The fourth-order valence-corrected chi connectivity index (χ4v) is 1.81. The standard InChI is InChI=1S/C9H19NO/c1-8-6-5-7-10(4,11)9(8,2)3/h8H,5-7H2,1-4H3/q+1. The van der Waals surface area contributed by atoms with Crippen LogP contribution in [-0.4, -0.2) is 23.8 Å². The Bertz CT molecular complexity index is 152. The van der Waals surface area contributed by atoms with E-state index in [2.05, 4.69) is 20.8 Å². The first-order chi connectivity index (χ1) is 4.88. The van der Waals surface area contributed by atoms with Gasteiger partial charge >= 0.3 is 0 Å². The van der Waals surface area contributed by atoms with Gasteiger partial charge in [0.1, 0.15) is 19.1 Å². The molecule has 0 aromatic carbocycles. The highest BCUT2D eigenvalue weighted by Crippen LogP contribution is 2.36. The predicted molar refractivity (Wildman–Crippen MR) is 44.2 cm³/mol. The van der Waals surface area contributed by atoms with Crippen molar-refractivity contribution >= 4 is 0 Å². The molecule has 0 saturated carbocycles. The van der Waals surface area contributed by atoms with Crippen molar-refractivity contribution < 1.29 is 9.85 Å². The minimum atomic E-state index is -0.0851. The molecule has 0 aromatic heterocycles. The fourth-order valence-electron chi connectivity index (χ4n) is 1.81. The molecule has 0 spiro atoms. The highest BCUT2D eigenvalue weighted by molar-refractivity contribution is 4.78. The number of rotatable bonds is 0. The molecule has 65 valence electrons. The van der Waals surface area contributed by atoms with Gasteiger partial charge in [-0.25, -0.2) is 0 Å². The Balaban J connectivity index is 2.82. The SMILES string of the molecule is CC1CCC[N+](C)([O])C1(C)C. The maximum absolute atomic E-state index is 11.9. The molecule has 1 aliphatic rings. The van der Waals surface area contributed by atoms with E-state index in [-0.39, 0.29) is 10.2 Å². The molecular weight excluding hydrogens is 138 g/mol. The Labute approximate surface area is 69.4 Å². The second kappa shape index (κ2) is 2.46. The van der Waals surface area contributed by atoms with E-state index in [1.54, 1.807) is 7.05 Å². The Hall–Kier alpha value is -0.0800. The topological polar surface area (TPSA) is 19.9 Å². The molecule has 0 aromatic rings. The Morgan fingerprint density at radius 3 is 2.36 bits per heavy atom. The van der Waals surface area contributed by atoms with Gasteiger partial charge in [-0.1, -0.05) is 6.92 Å². The van der Waals surface area contributed by atoms with Crippen LogP contribution < -0.4 is 0 Å². The fraction of sp³-hybridized carbons (Fsp3) is 1.00. The van der Waals surface area contributed by atoms with Crippen molar-refractivity contribution in [3.8, 4) is 0 Å². The number of nitrogens with zero attached hydrogens (tertiary/aromatic N) is 1. The molecule has 0 N–H and O–H groups in total. The number of piperidine rings is 1. The first-order valence-electron chi connectivity index (χ1n) is 4.44. The average molecular weight is 157 g/mol. The molecule has 1 aliphatic heterocycles. The van der Waals surface area contributed by atoms with Gasteiger partial charge in [0, 0.05) is 17.5 Å². The zero-order chi connectivity index (χ0) is 8.70. The van der Waals surface area contributed by atoms with Gasteiger partial charge in [-0.2, -0.15) is 0 Å². The molecule has 2 nitrogen and oxygen atoms in total. The van der Waals surface area contributed by atoms with Crippen LogP contribution in [0.1, 0.15) is 33.6 Å². The highest BCUT2D eigenvalue weighted by atomic mass is 16.5. The Kier molecular flexibility index (Phi) is 2.01. The van der Waals surface area contributed by atoms with E-state index < -0.39 is 0 Å². The summed E-state index contributed by atoms with van der Waals surface area (Å²) in [6, 6.07) is 0. The summed E-state index contributed by atoms with van der Waals surface area (Å²) in [4.78, 5) is 0. The monoisotopic (exact) mass is 157 g/mol. The van der Waals surface area contributed by atoms with E-state index in [4.69, 9.17) is 0 Å². The number of hydrogen-bond donors (Lipinski definition) is 0. The molecule has 0 amide bonds. The van der Waals surface area contributed by atoms with Crippen molar-refractivity contribution in [2.45, 2.75) is 39.2 Å². The van der Waals surface area contributed by atoms with Gasteiger partial charge in [0.25, 0.3) is 0 Å². The molecule has 0 bridgehead atoms. The smallest absolute Gasteiger partial charge is 0.129 e. The molecule has 1 fully saturated rings. The lowest BCUT2D eigenvalue weighted by Crippen LogP contribution is -2.61. The third-order valence-electron chi connectivity index (χ3n) is 3.65. The third-order valence-corrected chi connectivity index (χ3v) is 3.65. The summed E-state index contributed by atoms with van der Waals surface area (Å²) in [5.74, 6) is 0.554. The highest BCUT2D eigenvalue weighted by Gasteiger charge is 2.48. The third kappa shape index (κ3) is 1.30. The van der Waals surface area contributed by atoms with Crippen molar-refractivity contribution in [3.63, 3.8) is 0 Å². The van der Waals surface area contributed by atoms with Crippen molar-refractivity contribution in [3.05, 3.63) is 0 Å². The van der Waals surface area contributed by atoms with Crippen LogP contribution >= 0.6 is 0 Å². The maximum Gasteiger partial charge on any atom is 0.129 e. The summed E-state index contributed by atoms with van der Waals surface area (Å²) in [5, 5.41) is 11.9. The lowest BCUT2D eigenvalue weighted by molar-refractivity contribution is -1.15. The van der Waals surface area contributed by atoms with Crippen LogP contribution in [0, 0.1) is 5.92 Å². The summed E-state index contributed by atoms with van der Waals surface area (Å²) in [6.07, 6.45) is 2.30. The van der Waals surface area contributed by atoms with Gasteiger partial charge < -0.3 is 0 Å². The zero-order valence-electron chi connectivity index (χ0n) is 8.05. The number of likely N-dealkylation sites (tertiary alicyclic amines) is 1. The maximum atomic E-state index is 11.9. The summed E-state index contributed by atoms with van der Waals surface area (Å²) in [6.45, 7) is 7.15. The van der Waals surface area contributed by atoms with E-state index in [0.29, 0.717) is 5.92 Å². The molecule has 2 heteroatoms. The van der Waals surface area contributed by atoms with Gasteiger partial charge in [0.15, 0.2) is 0 Å². The minimum Gasteiger partial charge on any atom is -0.140 e. The number of quaternary nitrogens is 1. The molecule has 1 heterocycles. The lowest BCUT2D eigenvalue weighted by atomic mass is 9.80. The van der Waals surface area contributed by atoms with E-state index in [1.165, 1.54) is 6.42 Å². The van der Waals surface area contributed by atoms with Gasteiger partial charge in [-0.15, -0.1) is 4.65 Å². The number of hydrogen-bond acceptors (Lipinski definition) is 0. The van der Waals surface area contributed by atoms with Crippen LogP contribution in [0.5, 0.6) is 0 Å². The van der Waals surface area contributed by atoms with Crippen molar-refractivity contribution in [1.82, 2.24) is 0 Å². The Morgan fingerprint density at radius 2 is 2.00 bits per heavy atom. The molecule has 1 radical (unpaired) electrons. The van der Waals surface area contributed by atoms with Crippen molar-refractivity contribution in [2.75, 3.05) is 13.6 Å². The molecule has 2 atom stereocenters. The van der Waals surface area contributed by atoms with Crippen LogP contribution in [0.4, 0.5) is 0 Å². The quantitative estimate of drug-likeness (QED) is 0.479. The summed E-state index contributed by atoms with van der Waals surface area (Å²) in [5.41, 5.74) is -0.0851. The molecule has 1 saturated heterocycles. The molecule has 1 rings (SSSR count). The van der Waals surface area contributed by atoms with Crippen LogP contribution in [0.25, 0.3) is 0 Å². The zero-order valence-corrected chi connectivity index (χ0v) is 8.05. The second-order valence-corrected chi connectivity index (χ2v) is 4.52. The van der Waals surface area contributed by atoms with Gasteiger partial charge in [-0.05, 0) is 20.3 Å². The van der Waals surface area contributed by atoms with Crippen LogP contribution in [0.3, 0.4) is 0 Å². The van der Waals surface area contributed by atoms with Gasteiger partial charge in [0.05, 0.1) is 0 Å². The van der Waals surface area contributed by atoms with Crippen molar-refractivity contribution in [1.29, 1.82) is 0 Å². The molecular formula is C9H19NO+. The first-order valence-corrected chi connectivity index (χ1v) is 4.44. The average Bonchev–Trinajstić information content (AvgIpc) is 1.84. The van der Waals surface area contributed by atoms with Crippen molar-refractivity contribution in [2.24, 2.45) is 5.92 Å².